The normalized spacial score (nSPS) is 14.5. The smallest absolute Gasteiger partial charge is 0.199 e. The molecule has 0 aliphatic heterocycles. The van der Waals surface area contributed by atoms with Gasteiger partial charge < -0.3 is 4.52 Å². The van der Waals surface area contributed by atoms with Crippen LogP contribution in [0.2, 0.25) is 5.02 Å². The predicted octanol–water partition coefficient (Wildman–Crippen LogP) is 3.96. The molecule has 1 saturated carbocycles. The van der Waals surface area contributed by atoms with Gasteiger partial charge in [-0.25, -0.2) is 13.4 Å². The van der Waals surface area contributed by atoms with Crippen LogP contribution < -0.4 is 0 Å². The molecular weight excluding hydrogens is 396 g/mol. The zero-order valence-corrected chi connectivity index (χ0v) is 16.0. The highest BCUT2D eigenvalue weighted by molar-refractivity contribution is 7.90. The monoisotopic (exact) mass is 408 g/mol. The summed E-state index contributed by atoms with van der Waals surface area (Å²) in [6.45, 7) is 0. The molecule has 0 atom stereocenters. The van der Waals surface area contributed by atoms with E-state index in [1.54, 1.807) is 11.6 Å². The van der Waals surface area contributed by atoms with Gasteiger partial charge in [-0.2, -0.15) is 0 Å². The van der Waals surface area contributed by atoms with Gasteiger partial charge in [-0.05, 0) is 25.0 Å². The van der Waals surface area contributed by atoms with Crippen LogP contribution in [0.15, 0.2) is 39.3 Å². The lowest BCUT2D eigenvalue weighted by Gasteiger charge is -2.11. The van der Waals surface area contributed by atoms with Crippen LogP contribution in [0.5, 0.6) is 0 Å². The standard InChI is InChI=1S/C17H13ClN2O4S2/c1-26(22,23)12-5-4-10(14(18)13(12)17-19-6-7-25-17)15(21)11-8-20-24-16(11)9-2-3-9/h4-9H,2-3H2,1H3. The van der Waals surface area contributed by atoms with Crippen LogP contribution in [0, 0.1) is 0 Å². The van der Waals surface area contributed by atoms with E-state index in [2.05, 4.69) is 10.1 Å². The van der Waals surface area contributed by atoms with Gasteiger partial charge in [-0.1, -0.05) is 16.8 Å². The van der Waals surface area contributed by atoms with Crippen molar-refractivity contribution in [1.29, 1.82) is 0 Å². The van der Waals surface area contributed by atoms with Gasteiger partial charge in [0, 0.05) is 34.9 Å². The molecule has 1 aliphatic rings. The second-order valence-electron chi connectivity index (χ2n) is 6.12. The highest BCUT2D eigenvalue weighted by Gasteiger charge is 2.34. The van der Waals surface area contributed by atoms with Crippen molar-refractivity contribution in [2.75, 3.05) is 6.26 Å². The Bertz CT molecular complexity index is 1100. The Hall–Kier alpha value is -2.03. The maximum Gasteiger partial charge on any atom is 0.199 e. The van der Waals surface area contributed by atoms with Crippen molar-refractivity contribution in [3.63, 3.8) is 0 Å². The number of benzene rings is 1. The van der Waals surface area contributed by atoms with E-state index in [0.29, 0.717) is 16.3 Å². The van der Waals surface area contributed by atoms with E-state index in [-0.39, 0.29) is 32.7 Å². The topological polar surface area (TPSA) is 90.1 Å². The van der Waals surface area contributed by atoms with Crippen molar-refractivity contribution < 1.29 is 17.7 Å². The molecule has 1 fully saturated rings. The average molecular weight is 409 g/mol. The van der Waals surface area contributed by atoms with Gasteiger partial charge in [0.05, 0.1) is 21.7 Å². The summed E-state index contributed by atoms with van der Waals surface area (Å²) in [4.78, 5) is 17.2. The first-order valence-electron chi connectivity index (χ1n) is 7.79. The van der Waals surface area contributed by atoms with Crippen molar-refractivity contribution in [1.82, 2.24) is 10.1 Å². The minimum Gasteiger partial charge on any atom is -0.360 e. The SMILES string of the molecule is CS(=O)(=O)c1ccc(C(=O)c2cnoc2C2CC2)c(Cl)c1-c1nccs1. The van der Waals surface area contributed by atoms with E-state index in [0.717, 1.165) is 19.1 Å². The van der Waals surface area contributed by atoms with Gasteiger partial charge in [-0.15, -0.1) is 11.3 Å². The highest BCUT2D eigenvalue weighted by Crippen LogP contribution is 2.43. The van der Waals surface area contributed by atoms with E-state index in [1.165, 1.54) is 29.7 Å². The molecule has 1 aliphatic carbocycles. The molecular formula is C17H13ClN2O4S2. The van der Waals surface area contributed by atoms with E-state index in [1.807, 2.05) is 0 Å². The number of hydrogen-bond donors (Lipinski definition) is 0. The summed E-state index contributed by atoms with van der Waals surface area (Å²) in [5.74, 6) is 0.439. The molecule has 0 saturated heterocycles. The van der Waals surface area contributed by atoms with Gasteiger partial charge >= 0.3 is 0 Å². The van der Waals surface area contributed by atoms with E-state index in [9.17, 15) is 13.2 Å². The number of carbonyl (C=O) groups is 1. The largest absolute Gasteiger partial charge is 0.360 e. The van der Waals surface area contributed by atoms with Crippen LogP contribution in [-0.4, -0.2) is 30.6 Å². The zero-order valence-electron chi connectivity index (χ0n) is 13.6. The summed E-state index contributed by atoms with van der Waals surface area (Å²) in [6.07, 6.45) is 5.96. The molecule has 2 heterocycles. The van der Waals surface area contributed by atoms with E-state index >= 15 is 0 Å². The molecule has 0 amide bonds. The Balaban J connectivity index is 1.89. The number of rotatable bonds is 5. The summed E-state index contributed by atoms with van der Waals surface area (Å²) in [6, 6.07) is 2.83. The quantitative estimate of drug-likeness (QED) is 0.593. The minimum absolute atomic E-state index is 0.0433. The molecule has 1 aromatic carbocycles. The second kappa shape index (κ2) is 6.29. The Morgan fingerprint density at radius 2 is 2.08 bits per heavy atom. The van der Waals surface area contributed by atoms with Crippen LogP contribution in [0.3, 0.4) is 0 Å². The third-order valence-electron chi connectivity index (χ3n) is 4.19. The number of carbonyl (C=O) groups excluding carboxylic acids is 1. The second-order valence-corrected chi connectivity index (χ2v) is 9.37. The third-order valence-corrected chi connectivity index (χ3v) is 6.51. The maximum atomic E-state index is 13.0. The van der Waals surface area contributed by atoms with Crippen molar-refractivity contribution in [2.45, 2.75) is 23.7 Å². The molecule has 2 aromatic heterocycles. The fourth-order valence-corrected chi connectivity index (χ4v) is 4.90. The maximum absolute atomic E-state index is 13.0. The van der Waals surface area contributed by atoms with Crippen molar-refractivity contribution in [3.05, 3.63) is 51.8 Å². The lowest BCUT2D eigenvalue weighted by Crippen LogP contribution is -2.07. The molecule has 0 N–H and O–H groups in total. The number of thiazole rings is 1. The van der Waals surface area contributed by atoms with Gasteiger partial charge in [0.25, 0.3) is 0 Å². The molecule has 0 bridgehead atoms. The Labute approximate surface area is 158 Å². The van der Waals surface area contributed by atoms with E-state index in [4.69, 9.17) is 16.1 Å². The molecule has 9 heteroatoms. The van der Waals surface area contributed by atoms with Crippen LogP contribution in [-0.2, 0) is 9.84 Å². The van der Waals surface area contributed by atoms with E-state index < -0.39 is 9.84 Å². The highest BCUT2D eigenvalue weighted by atomic mass is 35.5. The third kappa shape index (κ3) is 2.98. The molecule has 134 valence electrons. The van der Waals surface area contributed by atoms with Crippen molar-refractivity contribution >= 4 is 38.6 Å². The van der Waals surface area contributed by atoms with Crippen LogP contribution >= 0.6 is 22.9 Å². The number of hydrogen-bond acceptors (Lipinski definition) is 7. The summed E-state index contributed by atoms with van der Waals surface area (Å²) >= 11 is 7.76. The summed E-state index contributed by atoms with van der Waals surface area (Å²) in [5, 5.41) is 5.97. The summed E-state index contributed by atoms with van der Waals surface area (Å²) in [7, 11) is -3.55. The number of nitrogens with zero attached hydrogens (tertiary/aromatic N) is 2. The molecule has 3 aromatic rings. The minimum atomic E-state index is -3.55. The fraction of sp³-hybridized carbons (Fsp3) is 0.235. The lowest BCUT2D eigenvalue weighted by molar-refractivity contribution is 0.103. The Morgan fingerprint density at radius 3 is 2.69 bits per heavy atom. The molecule has 0 unspecified atom stereocenters. The van der Waals surface area contributed by atoms with Gasteiger partial charge in [-0.3, -0.25) is 4.79 Å². The van der Waals surface area contributed by atoms with Gasteiger partial charge in [0.2, 0.25) is 0 Å². The first-order chi connectivity index (χ1) is 12.4. The summed E-state index contributed by atoms with van der Waals surface area (Å²) < 4.78 is 29.6. The van der Waals surface area contributed by atoms with Crippen molar-refractivity contribution in [3.8, 4) is 10.6 Å². The Kier molecular flexibility index (Phi) is 4.21. The molecule has 0 spiro atoms. The molecule has 4 rings (SSSR count). The Morgan fingerprint density at radius 1 is 1.31 bits per heavy atom. The van der Waals surface area contributed by atoms with Gasteiger partial charge in [0.15, 0.2) is 21.4 Å². The first-order valence-corrected chi connectivity index (χ1v) is 10.9. The number of halogens is 1. The van der Waals surface area contributed by atoms with Crippen LogP contribution in [0.1, 0.15) is 40.4 Å². The average Bonchev–Trinajstić information content (AvgIpc) is 3.10. The number of aromatic nitrogens is 2. The van der Waals surface area contributed by atoms with Gasteiger partial charge in [0.1, 0.15) is 5.01 Å². The number of sulfone groups is 1. The predicted molar refractivity (Wildman–Crippen MR) is 97.6 cm³/mol. The van der Waals surface area contributed by atoms with Crippen molar-refractivity contribution in [2.24, 2.45) is 0 Å². The van der Waals surface area contributed by atoms with Crippen LogP contribution in [0.4, 0.5) is 0 Å². The lowest BCUT2D eigenvalue weighted by atomic mass is 10.0. The molecule has 6 nitrogen and oxygen atoms in total. The fourth-order valence-electron chi connectivity index (χ4n) is 2.79. The van der Waals surface area contributed by atoms with Crippen LogP contribution in [0.25, 0.3) is 10.6 Å². The molecule has 0 radical (unpaired) electrons. The first kappa shape index (κ1) is 17.4. The summed E-state index contributed by atoms with van der Waals surface area (Å²) in [5.41, 5.74) is 0.820. The number of ketones is 1. The molecule has 26 heavy (non-hydrogen) atoms. The zero-order chi connectivity index (χ0) is 18.5.